The summed E-state index contributed by atoms with van der Waals surface area (Å²) in [4.78, 5) is 2.43. The molecule has 0 unspecified atom stereocenters. The Labute approximate surface area is 105 Å². The molecule has 3 nitrogen and oxygen atoms in total. The molecule has 0 fully saturated rings. The van der Waals surface area contributed by atoms with Crippen molar-refractivity contribution in [2.75, 3.05) is 31.1 Å². The minimum absolute atomic E-state index is 0.302. The number of nitrogens with one attached hydrogen (secondary N) is 1. The predicted octanol–water partition coefficient (Wildman–Crippen LogP) is 2.41. The summed E-state index contributed by atoms with van der Waals surface area (Å²) in [5.74, 6) is 3.44. The van der Waals surface area contributed by atoms with Crippen molar-refractivity contribution in [3.63, 3.8) is 0 Å². The molecule has 0 radical (unpaired) electrons. The van der Waals surface area contributed by atoms with Crippen molar-refractivity contribution in [1.82, 2.24) is 4.90 Å². The van der Waals surface area contributed by atoms with E-state index in [9.17, 15) is 0 Å². The molecule has 0 spiro atoms. The van der Waals surface area contributed by atoms with Crippen molar-refractivity contribution in [3.05, 3.63) is 0 Å². The Morgan fingerprint density at radius 2 is 2.06 bits per heavy atom. The maximum absolute atomic E-state index is 7.26. The van der Waals surface area contributed by atoms with Crippen LogP contribution < -0.4 is 5.73 Å². The van der Waals surface area contributed by atoms with Crippen LogP contribution in [-0.2, 0) is 0 Å². The quantitative estimate of drug-likeness (QED) is 0.353. The minimum Gasteiger partial charge on any atom is -0.388 e. The van der Waals surface area contributed by atoms with E-state index in [4.69, 9.17) is 11.1 Å². The van der Waals surface area contributed by atoms with Gasteiger partial charge >= 0.3 is 0 Å². The fourth-order valence-electron chi connectivity index (χ4n) is 1.62. The van der Waals surface area contributed by atoms with Gasteiger partial charge in [0.25, 0.3) is 0 Å². The molecular weight excluding hydrogens is 218 g/mol. The largest absolute Gasteiger partial charge is 0.388 e. The zero-order valence-electron chi connectivity index (χ0n) is 11.0. The SMILES string of the molecule is CCSCCCN(CCC(=N)N)CC(C)C. The van der Waals surface area contributed by atoms with Crippen molar-refractivity contribution >= 4 is 17.6 Å². The van der Waals surface area contributed by atoms with Crippen LogP contribution >= 0.6 is 11.8 Å². The Morgan fingerprint density at radius 3 is 2.56 bits per heavy atom. The number of hydrogen-bond donors (Lipinski definition) is 2. The van der Waals surface area contributed by atoms with Gasteiger partial charge in [0.05, 0.1) is 5.84 Å². The first-order valence-corrected chi connectivity index (χ1v) is 7.34. The molecule has 0 aromatic rings. The van der Waals surface area contributed by atoms with Crippen LogP contribution in [0.5, 0.6) is 0 Å². The highest BCUT2D eigenvalue weighted by atomic mass is 32.2. The lowest BCUT2D eigenvalue weighted by atomic mass is 10.2. The van der Waals surface area contributed by atoms with Gasteiger partial charge < -0.3 is 10.6 Å². The fourth-order valence-corrected chi connectivity index (χ4v) is 2.25. The number of rotatable bonds is 10. The van der Waals surface area contributed by atoms with E-state index in [0.717, 1.165) is 19.6 Å². The Hall–Kier alpha value is -0.220. The van der Waals surface area contributed by atoms with Gasteiger partial charge in [-0.15, -0.1) is 0 Å². The van der Waals surface area contributed by atoms with Crippen LogP contribution in [0, 0.1) is 11.3 Å². The van der Waals surface area contributed by atoms with Crippen molar-refractivity contribution < 1.29 is 0 Å². The van der Waals surface area contributed by atoms with Crippen molar-refractivity contribution in [1.29, 1.82) is 5.41 Å². The lowest BCUT2D eigenvalue weighted by Crippen LogP contribution is -2.32. The van der Waals surface area contributed by atoms with E-state index in [-0.39, 0.29) is 0 Å². The predicted molar refractivity (Wildman–Crippen MR) is 75.4 cm³/mol. The van der Waals surface area contributed by atoms with Gasteiger partial charge in [0.1, 0.15) is 0 Å². The molecule has 0 bridgehead atoms. The minimum atomic E-state index is 0.302. The van der Waals surface area contributed by atoms with Gasteiger partial charge in [0.15, 0.2) is 0 Å². The van der Waals surface area contributed by atoms with Crippen LogP contribution in [0.2, 0.25) is 0 Å². The van der Waals surface area contributed by atoms with E-state index in [1.807, 2.05) is 11.8 Å². The Kier molecular flexibility index (Phi) is 9.83. The number of nitrogens with zero attached hydrogens (tertiary/aromatic N) is 1. The summed E-state index contributed by atoms with van der Waals surface area (Å²) < 4.78 is 0. The fraction of sp³-hybridized carbons (Fsp3) is 0.917. The lowest BCUT2D eigenvalue weighted by molar-refractivity contribution is 0.251. The highest BCUT2D eigenvalue weighted by Crippen LogP contribution is 2.05. The summed E-state index contributed by atoms with van der Waals surface area (Å²) in [5, 5.41) is 7.26. The molecule has 96 valence electrons. The normalized spacial score (nSPS) is 11.3. The number of nitrogens with two attached hydrogens (primary N) is 1. The molecule has 0 aliphatic heterocycles. The Morgan fingerprint density at radius 1 is 1.38 bits per heavy atom. The van der Waals surface area contributed by atoms with E-state index in [1.165, 1.54) is 17.9 Å². The molecule has 3 N–H and O–H groups in total. The maximum Gasteiger partial charge on any atom is 0.0918 e. The molecule has 0 amide bonds. The van der Waals surface area contributed by atoms with Crippen molar-refractivity contribution in [2.45, 2.75) is 33.6 Å². The van der Waals surface area contributed by atoms with Crippen LogP contribution in [0.25, 0.3) is 0 Å². The van der Waals surface area contributed by atoms with E-state index in [0.29, 0.717) is 18.2 Å². The highest BCUT2D eigenvalue weighted by Gasteiger charge is 2.07. The molecule has 0 aliphatic rings. The van der Waals surface area contributed by atoms with Crippen LogP contribution in [0.4, 0.5) is 0 Å². The monoisotopic (exact) mass is 245 g/mol. The third-order valence-corrected chi connectivity index (χ3v) is 3.27. The second kappa shape index (κ2) is 9.97. The molecule has 0 saturated heterocycles. The van der Waals surface area contributed by atoms with Gasteiger partial charge in [-0.05, 0) is 30.4 Å². The Bertz CT molecular complexity index is 183. The summed E-state index contributed by atoms with van der Waals surface area (Å²) in [6.07, 6.45) is 1.94. The molecule has 4 heteroatoms. The summed E-state index contributed by atoms with van der Waals surface area (Å²) in [7, 11) is 0. The van der Waals surface area contributed by atoms with Crippen LogP contribution in [-0.4, -0.2) is 41.9 Å². The van der Waals surface area contributed by atoms with Gasteiger partial charge in [-0.1, -0.05) is 20.8 Å². The highest BCUT2D eigenvalue weighted by molar-refractivity contribution is 7.99. The molecule has 0 aliphatic carbocycles. The summed E-state index contributed by atoms with van der Waals surface area (Å²) >= 11 is 2.00. The van der Waals surface area contributed by atoms with E-state index in [1.54, 1.807) is 0 Å². The first-order chi connectivity index (χ1) is 7.56. The third-order valence-electron chi connectivity index (χ3n) is 2.29. The zero-order chi connectivity index (χ0) is 12.4. The molecular formula is C12H27N3S. The average molecular weight is 245 g/mol. The number of hydrogen-bond acceptors (Lipinski definition) is 3. The standard InChI is InChI=1S/C12H27N3S/c1-4-16-9-5-7-15(10-11(2)3)8-6-12(13)14/h11H,4-10H2,1-3H3,(H3,13,14). The van der Waals surface area contributed by atoms with Crippen molar-refractivity contribution in [3.8, 4) is 0 Å². The molecule has 0 heterocycles. The summed E-state index contributed by atoms with van der Waals surface area (Å²) in [5.41, 5.74) is 5.40. The Balaban J connectivity index is 3.76. The van der Waals surface area contributed by atoms with E-state index >= 15 is 0 Å². The van der Waals surface area contributed by atoms with Crippen molar-refractivity contribution in [2.24, 2.45) is 11.7 Å². The second-order valence-electron chi connectivity index (χ2n) is 4.52. The van der Waals surface area contributed by atoms with Gasteiger partial charge in [-0.3, -0.25) is 5.41 Å². The number of amidine groups is 1. The second-order valence-corrected chi connectivity index (χ2v) is 5.91. The van der Waals surface area contributed by atoms with E-state index in [2.05, 4.69) is 25.7 Å². The maximum atomic E-state index is 7.26. The van der Waals surface area contributed by atoms with Crippen LogP contribution in [0.15, 0.2) is 0 Å². The molecule has 0 aromatic carbocycles. The molecule has 16 heavy (non-hydrogen) atoms. The summed E-state index contributed by atoms with van der Waals surface area (Å²) in [6.45, 7) is 9.86. The lowest BCUT2D eigenvalue weighted by Gasteiger charge is -2.23. The molecule has 0 aromatic heterocycles. The topological polar surface area (TPSA) is 53.1 Å². The number of thioether (sulfide) groups is 1. The molecule has 0 saturated carbocycles. The summed E-state index contributed by atoms with van der Waals surface area (Å²) in [6, 6.07) is 0. The van der Waals surface area contributed by atoms with Gasteiger partial charge in [-0.25, -0.2) is 0 Å². The van der Waals surface area contributed by atoms with Crippen LogP contribution in [0.1, 0.15) is 33.6 Å². The average Bonchev–Trinajstić information content (AvgIpc) is 2.19. The smallest absolute Gasteiger partial charge is 0.0918 e. The molecule has 0 atom stereocenters. The third kappa shape index (κ3) is 10.3. The zero-order valence-corrected chi connectivity index (χ0v) is 11.8. The van der Waals surface area contributed by atoms with Gasteiger partial charge in [0, 0.05) is 19.5 Å². The van der Waals surface area contributed by atoms with E-state index < -0.39 is 0 Å². The molecule has 0 rings (SSSR count). The van der Waals surface area contributed by atoms with Gasteiger partial charge in [-0.2, -0.15) is 11.8 Å². The van der Waals surface area contributed by atoms with Crippen LogP contribution in [0.3, 0.4) is 0 Å². The first kappa shape index (κ1) is 15.8. The first-order valence-electron chi connectivity index (χ1n) is 6.19. The van der Waals surface area contributed by atoms with Gasteiger partial charge in [0.2, 0.25) is 0 Å².